The van der Waals surface area contributed by atoms with Gasteiger partial charge in [0.15, 0.2) is 0 Å². The van der Waals surface area contributed by atoms with Crippen LogP contribution in [-0.4, -0.2) is 18.3 Å². The highest BCUT2D eigenvalue weighted by molar-refractivity contribution is 5.31. The van der Waals surface area contributed by atoms with Crippen LogP contribution >= 0.6 is 0 Å². The van der Waals surface area contributed by atoms with Crippen LogP contribution in [-0.2, 0) is 10.3 Å². The normalized spacial score (nSPS) is 25.1. The van der Waals surface area contributed by atoms with Gasteiger partial charge in [0.1, 0.15) is 0 Å². The Morgan fingerprint density at radius 2 is 2.12 bits per heavy atom. The first-order chi connectivity index (χ1) is 7.62. The van der Waals surface area contributed by atoms with Gasteiger partial charge in [0, 0.05) is 12.5 Å². The maximum atomic E-state index is 10.7. The van der Waals surface area contributed by atoms with Crippen molar-refractivity contribution in [3.8, 4) is 0 Å². The van der Waals surface area contributed by atoms with E-state index in [1.807, 2.05) is 38.1 Å². The zero-order chi connectivity index (χ0) is 11.6. The summed E-state index contributed by atoms with van der Waals surface area (Å²) in [5, 5.41) is 10.7. The summed E-state index contributed by atoms with van der Waals surface area (Å²) in [6.07, 6.45) is 2.09. The lowest BCUT2D eigenvalue weighted by molar-refractivity contribution is -0.0726. The fourth-order valence-corrected chi connectivity index (χ4v) is 2.54. The van der Waals surface area contributed by atoms with E-state index < -0.39 is 5.60 Å². The predicted molar refractivity (Wildman–Crippen MR) is 64.3 cm³/mol. The Morgan fingerprint density at radius 3 is 2.75 bits per heavy atom. The van der Waals surface area contributed by atoms with Crippen molar-refractivity contribution in [1.82, 2.24) is 0 Å². The van der Waals surface area contributed by atoms with Crippen molar-refractivity contribution < 1.29 is 9.84 Å². The second-order valence-electron chi connectivity index (χ2n) is 4.88. The molecule has 1 saturated heterocycles. The lowest BCUT2D eigenvalue weighted by Crippen LogP contribution is -2.37. The standard InChI is InChI=1S/C14H20O2/c1-11-6-3-4-8-13(11)14(2,15)12-7-5-9-16-10-12/h3-4,6,8,12,15H,5,7,9-10H2,1-2H3. The van der Waals surface area contributed by atoms with Crippen molar-refractivity contribution in [3.63, 3.8) is 0 Å². The van der Waals surface area contributed by atoms with E-state index in [9.17, 15) is 5.11 Å². The molecule has 0 radical (unpaired) electrons. The minimum Gasteiger partial charge on any atom is -0.385 e. The van der Waals surface area contributed by atoms with E-state index in [0.717, 1.165) is 30.6 Å². The molecule has 1 aliphatic rings. The zero-order valence-corrected chi connectivity index (χ0v) is 10.1. The summed E-state index contributed by atoms with van der Waals surface area (Å²) in [6, 6.07) is 8.06. The van der Waals surface area contributed by atoms with Crippen molar-refractivity contribution in [2.75, 3.05) is 13.2 Å². The van der Waals surface area contributed by atoms with E-state index >= 15 is 0 Å². The van der Waals surface area contributed by atoms with E-state index in [1.165, 1.54) is 0 Å². The van der Waals surface area contributed by atoms with Crippen molar-refractivity contribution in [3.05, 3.63) is 35.4 Å². The first-order valence-electron chi connectivity index (χ1n) is 5.98. The molecule has 0 aliphatic carbocycles. The maximum absolute atomic E-state index is 10.7. The molecule has 1 aromatic rings. The van der Waals surface area contributed by atoms with Gasteiger partial charge in [-0.3, -0.25) is 0 Å². The summed E-state index contributed by atoms with van der Waals surface area (Å²) < 4.78 is 5.47. The largest absolute Gasteiger partial charge is 0.385 e. The molecule has 2 atom stereocenters. The Labute approximate surface area is 97.3 Å². The molecular formula is C14H20O2. The van der Waals surface area contributed by atoms with E-state index in [4.69, 9.17) is 4.74 Å². The second-order valence-corrected chi connectivity index (χ2v) is 4.88. The quantitative estimate of drug-likeness (QED) is 0.830. The highest BCUT2D eigenvalue weighted by Crippen LogP contribution is 2.35. The smallest absolute Gasteiger partial charge is 0.0921 e. The molecule has 1 N–H and O–H groups in total. The van der Waals surface area contributed by atoms with Crippen molar-refractivity contribution in [2.24, 2.45) is 5.92 Å². The fourth-order valence-electron chi connectivity index (χ4n) is 2.54. The van der Waals surface area contributed by atoms with E-state index in [-0.39, 0.29) is 5.92 Å². The molecule has 0 spiro atoms. The third-order valence-electron chi connectivity index (χ3n) is 3.65. The van der Waals surface area contributed by atoms with Gasteiger partial charge >= 0.3 is 0 Å². The third kappa shape index (κ3) is 2.13. The number of hydrogen-bond acceptors (Lipinski definition) is 2. The number of aliphatic hydroxyl groups is 1. The van der Waals surface area contributed by atoms with Crippen LogP contribution in [0.25, 0.3) is 0 Å². The molecule has 0 saturated carbocycles. The predicted octanol–water partition coefficient (Wildman–Crippen LogP) is 2.63. The summed E-state index contributed by atoms with van der Waals surface area (Å²) in [4.78, 5) is 0. The first-order valence-corrected chi connectivity index (χ1v) is 5.98. The van der Waals surface area contributed by atoms with Crippen LogP contribution in [0.4, 0.5) is 0 Å². The Bertz CT molecular complexity index is 352. The summed E-state index contributed by atoms with van der Waals surface area (Å²) in [6.45, 7) is 5.46. The van der Waals surface area contributed by atoms with Crippen LogP contribution in [0.5, 0.6) is 0 Å². The Hall–Kier alpha value is -0.860. The number of hydrogen-bond donors (Lipinski definition) is 1. The number of rotatable bonds is 2. The molecular weight excluding hydrogens is 200 g/mol. The summed E-state index contributed by atoms with van der Waals surface area (Å²) in [5.41, 5.74) is 1.41. The Balaban J connectivity index is 2.26. The fraction of sp³-hybridized carbons (Fsp3) is 0.571. The van der Waals surface area contributed by atoms with Crippen LogP contribution in [0.15, 0.2) is 24.3 Å². The van der Waals surface area contributed by atoms with Crippen LogP contribution in [0, 0.1) is 12.8 Å². The van der Waals surface area contributed by atoms with Gasteiger partial charge in [0.2, 0.25) is 0 Å². The number of benzene rings is 1. The molecule has 1 fully saturated rings. The summed E-state index contributed by atoms with van der Waals surface area (Å²) in [7, 11) is 0. The maximum Gasteiger partial charge on any atom is 0.0921 e. The average molecular weight is 220 g/mol. The molecule has 0 bridgehead atoms. The minimum atomic E-state index is -0.772. The van der Waals surface area contributed by atoms with Gasteiger partial charge in [-0.25, -0.2) is 0 Å². The van der Waals surface area contributed by atoms with Crippen LogP contribution < -0.4 is 0 Å². The van der Waals surface area contributed by atoms with Gasteiger partial charge in [-0.05, 0) is 37.8 Å². The van der Waals surface area contributed by atoms with Crippen molar-refractivity contribution in [1.29, 1.82) is 0 Å². The van der Waals surface area contributed by atoms with E-state index in [2.05, 4.69) is 0 Å². The molecule has 1 aliphatic heterocycles. The highest BCUT2D eigenvalue weighted by atomic mass is 16.5. The van der Waals surface area contributed by atoms with Gasteiger partial charge in [0.05, 0.1) is 12.2 Å². The van der Waals surface area contributed by atoms with Crippen LogP contribution in [0.3, 0.4) is 0 Å². The molecule has 2 unspecified atom stereocenters. The van der Waals surface area contributed by atoms with Crippen molar-refractivity contribution >= 4 is 0 Å². The Morgan fingerprint density at radius 1 is 1.38 bits per heavy atom. The van der Waals surface area contributed by atoms with E-state index in [1.54, 1.807) is 0 Å². The van der Waals surface area contributed by atoms with Gasteiger partial charge in [-0.1, -0.05) is 24.3 Å². The van der Waals surface area contributed by atoms with E-state index in [0.29, 0.717) is 6.61 Å². The molecule has 1 aromatic carbocycles. The van der Waals surface area contributed by atoms with Crippen LogP contribution in [0.2, 0.25) is 0 Å². The second kappa shape index (κ2) is 4.56. The molecule has 0 amide bonds. The summed E-state index contributed by atoms with van der Waals surface area (Å²) >= 11 is 0. The monoisotopic (exact) mass is 220 g/mol. The SMILES string of the molecule is Cc1ccccc1C(C)(O)C1CCCOC1. The molecule has 16 heavy (non-hydrogen) atoms. The zero-order valence-electron chi connectivity index (χ0n) is 10.1. The molecule has 2 rings (SSSR count). The van der Waals surface area contributed by atoms with Gasteiger partial charge in [0.25, 0.3) is 0 Å². The van der Waals surface area contributed by atoms with Gasteiger partial charge in [-0.2, -0.15) is 0 Å². The molecule has 2 heteroatoms. The van der Waals surface area contributed by atoms with Crippen molar-refractivity contribution in [2.45, 2.75) is 32.3 Å². The minimum absolute atomic E-state index is 0.211. The molecule has 1 heterocycles. The van der Waals surface area contributed by atoms with Crippen LogP contribution in [0.1, 0.15) is 30.9 Å². The lowest BCUT2D eigenvalue weighted by atomic mass is 9.78. The van der Waals surface area contributed by atoms with Gasteiger partial charge in [-0.15, -0.1) is 0 Å². The molecule has 2 nitrogen and oxygen atoms in total. The Kier molecular flexibility index (Phi) is 3.31. The number of ether oxygens (including phenoxy) is 1. The molecule has 88 valence electrons. The van der Waals surface area contributed by atoms with Gasteiger partial charge < -0.3 is 9.84 Å². The topological polar surface area (TPSA) is 29.5 Å². The molecule has 0 aromatic heterocycles. The highest BCUT2D eigenvalue weighted by Gasteiger charge is 2.35. The third-order valence-corrected chi connectivity index (χ3v) is 3.65. The summed E-state index contributed by atoms with van der Waals surface area (Å²) in [5.74, 6) is 0.211. The number of aryl methyl sites for hydroxylation is 1. The average Bonchev–Trinajstić information content (AvgIpc) is 2.30. The lowest BCUT2D eigenvalue weighted by Gasteiger charge is -2.36. The first kappa shape index (κ1) is 11.6.